The number of benzene rings is 1. The second-order valence-corrected chi connectivity index (χ2v) is 3.97. The number of hydrogen-bond acceptors (Lipinski definition) is 3. The van der Waals surface area contributed by atoms with E-state index in [2.05, 4.69) is 4.74 Å². The number of para-hydroxylation sites is 1. The second-order valence-electron chi connectivity index (χ2n) is 3.97. The summed E-state index contributed by atoms with van der Waals surface area (Å²) in [5.41, 5.74) is 0.468. The van der Waals surface area contributed by atoms with E-state index in [0.29, 0.717) is 25.1 Å². The van der Waals surface area contributed by atoms with Gasteiger partial charge in [-0.1, -0.05) is 18.2 Å². The van der Waals surface area contributed by atoms with Crippen LogP contribution in [0.4, 0.5) is 13.2 Å². The first-order valence-corrected chi connectivity index (χ1v) is 5.55. The number of aliphatic hydroxyl groups is 1. The van der Waals surface area contributed by atoms with Crippen molar-refractivity contribution in [2.75, 3.05) is 20.2 Å². The van der Waals surface area contributed by atoms with Gasteiger partial charge in [0.2, 0.25) is 0 Å². The molecule has 6 heteroatoms. The SMILES string of the molecule is CN(CCCO)Cc1ccccc1OC(F)(F)F. The maximum Gasteiger partial charge on any atom is 0.573 e. The molecule has 1 rings (SSSR count). The van der Waals surface area contributed by atoms with Crippen molar-refractivity contribution < 1.29 is 23.0 Å². The van der Waals surface area contributed by atoms with Gasteiger partial charge in [0, 0.05) is 25.3 Å². The van der Waals surface area contributed by atoms with Crippen molar-refractivity contribution in [3.8, 4) is 5.75 Å². The molecule has 0 bridgehead atoms. The van der Waals surface area contributed by atoms with Crippen LogP contribution in [0.25, 0.3) is 0 Å². The maximum atomic E-state index is 12.2. The number of alkyl halides is 3. The van der Waals surface area contributed by atoms with Crippen LogP contribution in [0, 0.1) is 0 Å². The molecule has 0 heterocycles. The van der Waals surface area contributed by atoms with E-state index in [0.717, 1.165) is 0 Å². The predicted molar refractivity (Wildman–Crippen MR) is 61.2 cm³/mol. The van der Waals surface area contributed by atoms with E-state index >= 15 is 0 Å². The molecule has 0 aliphatic heterocycles. The van der Waals surface area contributed by atoms with Crippen LogP contribution in [0.3, 0.4) is 0 Å². The summed E-state index contributed by atoms with van der Waals surface area (Å²) in [5, 5.41) is 8.69. The van der Waals surface area contributed by atoms with Gasteiger partial charge in [-0.15, -0.1) is 13.2 Å². The van der Waals surface area contributed by atoms with E-state index < -0.39 is 6.36 Å². The molecule has 18 heavy (non-hydrogen) atoms. The van der Waals surface area contributed by atoms with E-state index in [1.54, 1.807) is 19.2 Å². The Morgan fingerprint density at radius 3 is 2.56 bits per heavy atom. The van der Waals surface area contributed by atoms with E-state index in [4.69, 9.17) is 5.11 Å². The highest BCUT2D eigenvalue weighted by Gasteiger charge is 2.31. The third kappa shape index (κ3) is 5.37. The molecule has 0 saturated carbocycles. The van der Waals surface area contributed by atoms with Crippen LogP contribution in [0.2, 0.25) is 0 Å². The molecule has 0 aliphatic rings. The third-order valence-corrected chi connectivity index (χ3v) is 2.34. The Bertz CT molecular complexity index is 369. The second kappa shape index (κ2) is 6.61. The number of halogens is 3. The zero-order valence-corrected chi connectivity index (χ0v) is 10.1. The summed E-state index contributed by atoms with van der Waals surface area (Å²) in [7, 11) is 1.78. The zero-order valence-electron chi connectivity index (χ0n) is 10.1. The Kier molecular flexibility index (Phi) is 5.43. The zero-order chi connectivity index (χ0) is 13.6. The fraction of sp³-hybridized carbons (Fsp3) is 0.500. The minimum absolute atomic E-state index is 0.0606. The van der Waals surface area contributed by atoms with Gasteiger partial charge in [0.15, 0.2) is 0 Å². The molecule has 102 valence electrons. The summed E-state index contributed by atoms with van der Waals surface area (Å²) >= 11 is 0. The fourth-order valence-electron chi connectivity index (χ4n) is 1.57. The van der Waals surface area contributed by atoms with E-state index in [9.17, 15) is 13.2 Å². The normalized spacial score (nSPS) is 11.9. The lowest BCUT2D eigenvalue weighted by atomic mass is 10.2. The lowest BCUT2D eigenvalue weighted by molar-refractivity contribution is -0.275. The van der Waals surface area contributed by atoms with Crippen molar-refractivity contribution in [1.82, 2.24) is 4.90 Å². The molecular formula is C12H16F3NO2. The summed E-state index contributed by atoms with van der Waals surface area (Å²) in [6, 6.07) is 6.05. The molecule has 0 saturated heterocycles. The molecule has 0 aromatic heterocycles. The van der Waals surface area contributed by atoms with Crippen molar-refractivity contribution >= 4 is 0 Å². The van der Waals surface area contributed by atoms with Gasteiger partial charge in [-0.05, 0) is 19.5 Å². The highest BCUT2D eigenvalue weighted by atomic mass is 19.4. The summed E-state index contributed by atoms with van der Waals surface area (Å²) in [6.45, 7) is 1.01. The van der Waals surface area contributed by atoms with Crippen LogP contribution in [-0.2, 0) is 6.54 Å². The van der Waals surface area contributed by atoms with Gasteiger partial charge in [0.05, 0.1) is 0 Å². The molecule has 0 radical (unpaired) electrons. The lowest BCUT2D eigenvalue weighted by Crippen LogP contribution is -2.22. The standard InChI is InChI=1S/C12H16F3NO2/c1-16(7-4-8-17)9-10-5-2-3-6-11(10)18-12(13,14)15/h2-3,5-6,17H,4,7-9H2,1H3. The molecule has 0 fully saturated rings. The third-order valence-electron chi connectivity index (χ3n) is 2.34. The van der Waals surface area contributed by atoms with Crippen LogP contribution in [-0.4, -0.2) is 36.6 Å². The first kappa shape index (κ1) is 14.8. The molecule has 0 atom stereocenters. The van der Waals surface area contributed by atoms with Gasteiger partial charge in [-0.3, -0.25) is 0 Å². The average molecular weight is 263 g/mol. The van der Waals surface area contributed by atoms with Crippen LogP contribution in [0.15, 0.2) is 24.3 Å². The van der Waals surface area contributed by atoms with Gasteiger partial charge in [-0.2, -0.15) is 0 Å². The monoisotopic (exact) mass is 263 g/mol. The number of nitrogens with zero attached hydrogens (tertiary/aromatic N) is 1. The smallest absolute Gasteiger partial charge is 0.405 e. The van der Waals surface area contributed by atoms with Gasteiger partial charge in [0.25, 0.3) is 0 Å². The summed E-state index contributed by atoms with van der Waals surface area (Å²) in [4.78, 5) is 1.83. The van der Waals surface area contributed by atoms with Crippen LogP contribution in [0.5, 0.6) is 5.75 Å². The van der Waals surface area contributed by atoms with Crippen molar-refractivity contribution in [2.24, 2.45) is 0 Å². The molecule has 3 nitrogen and oxygen atoms in total. The molecule has 0 aliphatic carbocycles. The Morgan fingerprint density at radius 2 is 1.94 bits per heavy atom. The molecule has 1 aromatic carbocycles. The number of rotatable bonds is 6. The van der Waals surface area contributed by atoms with E-state index in [1.165, 1.54) is 12.1 Å². The fourth-order valence-corrected chi connectivity index (χ4v) is 1.57. The van der Waals surface area contributed by atoms with Crippen LogP contribution >= 0.6 is 0 Å². The average Bonchev–Trinajstić information content (AvgIpc) is 2.27. The van der Waals surface area contributed by atoms with Crippen LogP contribution < -0.4 is 4.74 Å². The molecule has 1 N–H and O–H groups in total. The van der Waals surface area contributed by atoms with Crippen molar-refractivity contribution in [1.29, 1.82) is 0 Å². The first-order valence-electron chi connectivity index (χ1n) is 5.55. The Balaban J connectivity index is 2.70. The van der Waals surface area contributed by atoms with Gasteiger partial charge >= 0.3 is 6.36 Å². The molecule has 0 spiro atoms. The van der Waals surface area contributed by atoms with Crippen molar-refractivity contribution in [3.63, 3.8) is 0 Å². The molecule has 0 unspecified atom stereocenters. The minimum atomic E-state index is -4.68. The molecular weight excluding hydrogens is 247 g/mol. The molecule has 0 amide bonds. The van der Waals surface area contributed by atoms with E-state index in [1.807, 2.05) is 4.90 Å². The van der Waals surface area contributed by atoms with Gasteiger partial charge in [0.1, 0.15) is 5.75 Å². The number of aliphatic hydroxyl groups excluding tert-OH is 1. The Morgan fingerprint density at radius 1 is 1.28 bits per heavy atom. The van der Waals surface area contributed by atoms with Gasteiger partial charge in [-0.25, -0.2) is 0 Å². The molecule has 1 aromatic rings. The number of hydrogen-bond donors (Lipinski definition) is 1. The van der Waals surface area contributed by atoms with Crippen LogP contribution in [0.1, 0.15) is 12.0 Å². The van der Waals surface area contributed by atoms with Crippen molar-refractivity contribution in [2.45, 2.75) is 19.3 Å². The van der Waals surface area contributed by atoms with Gasteiger partial charge < -0.3 is 14.7 Å². The van der Waals surface area contributed by atoms with Crippen molar-refractivity contribution in [3.05, 3.63) is 29.8 Å². The summed E-state index contributed by atoms with van der Waals surface area (Å²) in [5.74, 6) is -0.180. The first-order chi connectivity index (χ1) is 8.42. The maximum absolute atomic E-state index is 12.2. The Labute approximate surface area is 104 Å². The Hall–Kier alpha value is -1.27. The van der Waals surface area contributed by atoms with E-state index in [-0.39, 0.29) is 12.4 Å². The highest BCUT2D eigenvalue weighted by Crippen LogP contribution is 2.26. The number of ether oxygens (including phenoxy) is 1. The predicted octanol–water partition coefficient (Wildman–Crippen LogP) is 2.40. The summed E-state index contributed by atoms with van der Waals surface area (Å²) < 4.78 is 40.5. The highest BCUT2D eigenvalue weighted by molar-refractivity contribution is 5.33. The lowest BCUT2D eigenvalue weighted by Gasteiger charge is -2.19. The minimum Gasteiger partial charge on any atom is -0.405 e. The quantitative estimate of drug-likeness (QED) is 0.855. The summed E-state index contributed by atoms with van der Waals surface area (Å²) in [6.07, 6.45) is -4.10. The topological polar surface area (TPSA) is 32.7 Å². The largest absolute Gasteiger partial charge is 0.573 e.